The van der Waals surface area contributed by atoms with Gasteiger partial charge in [-0.3, -0.25) is 0 Å². The maximum Gasteiger partial charge on any atom is 0.573 e. The molecule has 0 aliphatic carbocycles. The molecule has 1 heterocycles. The summed E-state index contributed by atoms with van der Waals surface area (Å²) in [5.41, 5.74) is 0.712. The van der Waals surface area contributed by atoms with E-state index in [1.165, 1.54) is 23.5 Å². The fraction of sp³-hybridized carbons (Fsp3) is 0.231. The van der Waals surface area contributed by atoms with E-state index in [4.69, 9.17) is 0 Å². The Bertz CT molecular complexity index is 585. The quantitative estimate of drug-likeness (QED) is 0.846. The van der Waals surface area contributed by atoms with Crippen LogP contribution in [-0.2, 0) is 0 Å². The monoisotopic (exact) mass is 365 g/mol. The summed E-state index contributed by atoms with van der Waals surface area (Å²) >= 11 is 4.89. The first kappa shape index (κ1) is 15.3. The van der Waals surface area contributed by atoms with Gasteiger partial charge in [-0.05, 0) is 46.7 Å². The van der Waals surface area contributed by atoms with E-state index < -0.39 is 6.36 Å². The van der Waals surface area contributed by atoms with Gasteiger partial charge in [0.15, 0.2) is 0 Å². The van der Waals surface area contributed by atoms with Crippen molar-refractivity contribution in [2.24, 2.45) is 0 Å². The molecule has 2 rings (SSSR count). The van der Waals surface area contributed by atoms with Gasteiger partial charge in [0.1, 0.15) is 5.75 Å². The molecule has 0 fully saturated rings. The third kappa shape index (κ3) is 3.97. The fourth-order valence-corrected chi connectivity index (χ4v) is 3.42. The second-order valence-electron chi connectivity index (χ2n) is 4.01. The highest BCUT2D eigenvalue weighted by Crippen LogP contribution is 2.32. The molecular weight excluding hydrogens is 355 g/mol. The largest absolute Gasteiger partial charge is 0.573 e. The van der Waals surface area contributed by atoms with Crippen molar-refractivity contribution in [3.05, 3.63) is 50.6 Å². The van der Waals surface area contributed by atoms with Crippen molar-refractivity contribution in [1.29, 1.82) is 0 Å². The first-order chi connectivity index (χ1) is 9.39. The second-order valence-corrected chi connectivity index (χ2v) is 5.87. The van der Waals surface area contributed by atoms with Crippen LogP contribution in [0.25, 0.3) is 0 Å². The Labute approximate surface area is 126 Å². The Morgan fingerprint density at radius 2 is 2.05 bits per heavy atom. The van der Waals surface area contributed by atoms with Crippen LogP contribution in [0.1, 0.15) is 16.5 Å². The second kappa shape index (κ2) is 6.15. The van der Waals surface area contributed by atoms with Crippen molar-refractivity contribution in [3.8, 4) is 5.75 Å². The summed E-state index contributed by atoms with van der Waals surface area (Å²) in [5, 5.41) is 5.02. The first-order valence-electron chi connectivity index (χ1n) is 5.66. The van der Waals surface area contributed by atoms with Crippen molar-refractivity contribution < 1.29 is 17.9 Å². The highest BCUT2D eigenvalue weighted by Gasteiger charge is 2.31. The number of ether oxygens (including phenoxy) is 1. The van der Waals surface area contributed by atoms with Gasteiger partial charge in [-0.25, -0.2) is 0 Å². The van der Waals surface area contributed by atoms with Gasteiger partial charge < -0.3 is 10.1 Å². The molecule has 7 heteroatoms. The third-order valence-corrected chi connectivity index (χ3v) is 4.34. The van der Waals surface area contributed by atoms with E-state index in [2.05, 4.69) is 26.0 Å². The zero-order chi connectivity index (χ0) is 14.8. The summed E-state index contributed by atoms with van der Waals surface area (Å²) in [5.74, 6) is -0.217. The topological polar surface area (TPSA) is 21.3 Å². The average molecular weight is 366 g/mol. The average Bonchev–Trinajstić information content (AvgIpc) is 2.75. The molecule has 20 heavy (non-hydrogen) atoms. The van der Waals surface area contributed by atoms with Gasteiger partial charge in [0.2, 0.25) is 0 Å². The molecule has 0 aliphatic heterocycles. The third-order valence-electron chi connectivity index (χ3n) is 2.59. The van der Waals surface area contributed by atoms with Gasteiger partial charge in [-0.2, -0.15) is 0 Å². The lowest BCUT2D eigenvalue weighted by Crippen LogP contribution is -2.19. The molecule has 0 bridgehead atoms. The van der Waals surface area contributed by atoms with Gasteiger partial charge in [-0.1, -0.05) is 12.1 Å². The molecule has 0 amide bonds. The van der Waals surface area contributed by atoms with E-state index in [1.54, 1.807) is 19.2 Å². The van der Waals surface area contributed by atoms with Crippen LogP contribution in [0, 0.1) is 0 Å². The molecule has 0 saturated carbocycles. The van der Waals surface area contributed by atoms with E-state index >= 15 is 0 Å². The number of hydrogen-bond donors (Lipinski definition) is 1. The van der Waals surface area contributed by atoms with Crippen LogP contribution >= 0.6 is 27.3 Å². The summed E-state index contributed by atoms with van der Waals surface area (Å²) in [6.07, 6.45) is -4.68. The lowest BCUT2D eigenvalue weighted by molar-refractivity contribution is -0.274. The Morgan fingerprint density at radius 1 is 1.30 bits per heavy atom. The number of rotatable bonds is 4. The number of hydrogen-bond acceptors (Lipinski definition) is 3. The van der Waals surface area contributed by atoms with Crippen molar-refractivity contribution in [2.75, 3.05) is 7.05 Å². The smallest absolute Gasteiger partial charge is 0.406 e. The molecular formula is C13H11BrF3NOS. The maximum absolute atomic E-state index is 12.2. The van der Waals surface area contributed by atoms with Gasteiger partial charge in [0.05, 0.1) is 6.04 Å². The van der Waals surface area contributed by atoms with Crippen molar-refractivity contribution in [3.63, 3.8) is 0 Å². The maximum atomic E-state index is 12.2. The lowest BCUT2D eigenvalue weighted by Gasteiger charge is -2.16. The van der Waals surface area contributed by atoms with Crippen molar-refractivity contribution >= 4 is 27.3 Å². The number of benzene rings is 1. The zero-order valence-corrected chi connectivity index (χ0v) is 12.8. The molecule has 1 aromatic carbocycles. The van der Waals surface area contributed by atoms with Crippen LogP contribution in [0.2, 0.25) is 0 Å². The van der Waals surface area contributed by atoms with E-state index in [0.29, 0.717) is 5.56 Å². The summed E-state index contributed by atoms with van der Waals surface area (Å²) < 4.78 is 41.6. The number of thiophene rings is 1. The Kier molecular flexibility index (Phi) is 4.72. The summed E-state index contributed by atoms with van der Waals surface area (Å²) in [7, 11) is 1.76. The highest BCUT2D eigenvalue weighted by atomic mass is 79.9. The molecule has 1 aromatic heterocycles. The SMILES string of the molecule is CNC(c1cccc(OC(F)(F)F)c1)c1cc(Br)cs1. The van der Waals surface area contributed by atoms with Crippen LogP contribution in [-0.4, -0.2) is 13.4 Å². The molecule has 2 nitrogen and oxygen atoms in total. The van der Waals surface area contributed by atoms with Crippen LogP contribution in [0.3, 0.4) is 0 Å². The predicted molar refractivity (Wildman–Crippen MR) is 76.0 cm³/mol. The molecule has 1 N–H and O–H groups in total. The molecule has 0 spiro atoms. The molecule has 0 aliphatic rings. The summed E-state index contributed by atoms with van der Waals surface area (Å²) in [4.78, 5) is 1.00. The lowest BCUT2D eigenvalue weighted by atomic mass is 10.1. The fourth-order valence-electron chi connectivity index (χ4n) is 1.84. The molecule has 0 saturated heterocycles. The van der Waals surface area contributed by atoms with E-state index in [-0.39, 0.29) is 11.8 Å². The predicted octanol–water partition coefficient (Wildman–Crippen LogP) is 4.72. The van der Waals surface area contributed by atoms with Gasteiger partial charge in [-0.15, -0.1) is 24.5 Å². The van der Waals surface area contributed by atoms with Gasteiger partial charge in [0.25, 0.3) is 0 Å². The number of nitrogens with one attached hydrogen (secondary N) is 1. The standard InChI is InChI=1S/C13H11BrF3NOS/c1-18-12(11-6-9(14)7-20-11)8-3-2-4-10(5-8)19-13(15,16)17/h2-7,12,18H,1H3. The number of alkyl halides is 3. The molecule has 108 valence electrons. The Hall–Kier alpha value is -1.05. The van der Waals surface area contributed by atoms with Crippen LogP contribution in [0.5, 0.6) is 5.75 Å². The van der Waals surface area contributed by atoms with Crippen molar-refractivity contribution in [1.82, 2.24) is 5.32 Å². The van der Waals surface area contributed by atoms with E-state index in [9.17, 15) is 13.2 Å². The highest BCUT2D eigenvalue weighted by molar-refractivity contribution is 9.10. The number of halogens is 4. The van der Waals surface area contributed by atoms with Crippen LogP contribution < -0.4 is 10.1 Å². The Morgan fingerprint density at radius 3 is 2.60 bits per heavy atom. The molecule has 1 unspecified atom stereocenters. The summed E-state index contributed by atoms with van der Waals surface area (Å²) in [6.45, 7) is 0. The van der Waals surface area contributed by atoms with Crippen LogP contribution in [0.15, 0.2) is 40.2 Å². The van der Waals surface area contributed by atoms with Crippen molar-refractivity contribution in [2.45, 2.75) is 12.4 Å². The minimum absolute atomic E-state index is 0.178. The minimum atomic E-state index is -4.68. The minimum Gasteiger partial charge on any atom is -0.406 e. The van der Waals surface area contributed by atoms with Gasteiger partial charge >= 0.3 is 6.36 Å². The van der Waals surface area contributed by atoms with Crippen LogP contribution in [0.4, 0.5) is 13.2 Å². The Balaban J connectivity index is 2.29. The molecule has 2 aromatic rings. The summed E-state index contributed by atoms with van der Waals surface area (Å²) in [6, 6.07) is 7.74. The van der Waals surface area contributed by atoms with E-state index in [0.717, 1.165) is 9.35 Å². The normalized spacial score (nSPS) is 13.2. The zero-order valence-electron chi connectivity index (χ0n) is 10.4. The molecule has 0 radical (unpaired) electrons. The van der Waals surface area contributed by atoms with E-state index in [1.807, 2.05) is 11.4 Å². The first-order valence-corrected chi connectivity index (χ1v) is 7.33. The molecule has 1 atom stereocenters. The van der Waals surface area contributed by atoms with Gasteiger partial charge in [0, 0.05) is 14.7 Å².